The van der Waals surface area contributed by atoms with Crippen LogP contribution in [0.4, 0.5) is 0 Å². The quantitative estimate of drug-likeness (QED) is 0.540. The van der Waals surface area contributed by atoms with Gasteiger partial charge in [0.05, 0.1) is 6.10 Å². The van der Waals surface area contributed by atoms with Crippen LogP contribution in [0.25, 0.3) is 0 Å². The van der Waals surface area contributed by atoms with Gasteiger partial charge in [0.25, 0.3) is 5.09 Å². The number of phenolic OH excluding ortho intramolecular Hbond substituents is 1. The summed E-state index contributed by atoms with van der Waals surface area (Å²) in [5.74, 6) is -0.0573. The molecule has 0 aromatic heterocycles. The molecule has 1 rings (SSSR count). The molecule has 3 N–H and O–H groups in total. The first-order valence-corrected chi connectivity index (χ1v) is 6.21. The van der Waals surface area contributed by atoms with Crippen molar-refractivity contribution in [3.8, 4) is 5.75 Å². The van der Waals surface area contributed by atoms with Crippen molar-refractivity contribution in [1.29, 1.82) is 0 Å². The molecule has 0 heterocycles. The number of nitrogens with zero attached hydrogens (tertiary/aromatic N) is 1. The molecule has 0 bridgehead atoms. The monoisotopic (exact) mass is 284 g/mol. The van der Waals surface area contributed by atoms with Crippen molar-refractivity contribution in [2.75, 3.05) is 6.54 Å². The average molecular weight is 284 g/mol. The normalized spacial score (nSPS) is 13.0. The molecule has 0 amide bonds. The maximum atomic E-state index is 10.1. The van der Waals surface area contributed by atoms with Crippen molar-refractivity contribution in [3.05, 3.63) is 39.4 Å². The minimum Gasteiger partial charge on any atom is -0.508 e. The van der Waals surface area contributed by atoms with E-state index in [2.05, 4.69) is 10.2 Å². The number of benzene rings is 1. The van der Waals surface area contributed by atoms with Crippen LogP contribution >= 0.6 is 0 Å². The largest absolute Gasteiger partial charge is 0.508 e. The van der Waals surface area contributed by atoms with Crippen LogP contribution in [0, 0.1) is 10.1 Å². The molecule has 1 aromatic rings. The van der Waals surface area contributed by atoms with E-state index in [0.717, 1.165) is 0 Å². The summed E-state index contributed by atoms with van der Waals surface area (Å²) in [6.07, 6.45) is -0.912. The fourth-order valence-electron chi connectivity index (χ4n) is 1.60. The third-order valence-corrected chi connectivity index (χ3v) is 2.61. The molecule has 0 radical (unpaired) electrons. The number of rotatable bonds is 6. The minimum absolute atomic E-state index is 0.0573. The Bertz CT molecular complexity index is 470. The van der Waals surface area contributed by atoms with Gasteiger partial charge >= 0.3 is 0 Å². The Balaban J connectivity index is 2.77. The molecule has 0 aliphatic carbocycles. The van der Waals surface area contributed by atoms with E-state index in [9.17, 15) is 20.3 Å². The molecule has 0 saturated heterocycles. The van der Waals surface area contributed by atoms with E-state index in [1.165, 1.54) is 18.2 Å². The number of β-amino-alcohol motifs (C(OH)–C–C–N with tert-alkyl or cyclic N) is 1. The van der Waals surface area contributed by atoms with Crippen molar-refractivity contribution >= 4 is 0 Å². The summed E-state index contributed by atoms with van der Waals surface area (Å²) in [7, 11) is 0. The highest BCUT2D eigenvalue weighted by molar-refractivity contribution is 5.37. The van der Waals surface area contributed by atoms with Crippen molar-refractivity contribution in [2.24, 2.45) is 0 Å². The molecule has 0 saturated carbocycles. The summed E-state index contributed by atoms with van der Waals surface area (Å²) in [6, 6.07) is 4.38. The zero-order chi connectivity index (χ0) is 15.3. The maximum Gasteiger partial charge on any atom is 0.294 e. The predicted molar refractivity (Wildman–Crippen MR) is 72.6 cm³/mol. The first-order valence-electron chi connectivity index (χ1n) is 6.21. The third-order valence-electron chi connectivity index (χ3n) is 2.61. The Morgan fingerprint density at radius 3 is 2.65 bits per heavy atom. The van der Waals surface area contributed by atoms with E-state index in [4.69, 9.17) is 0 Å². The van der Waals surface area contributed by atoms with Crippen LogP contribution < -0.4 is 5.32 Å². The van der Waals surface area contributed by atoms with Crippen LogP contribution in [0.15, 0.2) is 18.2 Å². The molecular weight excluding hydrogens is 264 g/mol. The van der Waals surface area contributed by atoms with Crippen LogP contribution in [0.1, 0.15) is 38.0 Å². The Hall–Kier alpha value is -1.86. The minimum atomic E-state index is -0.912. The zero-order valence-electron chi connectivity index (χ0n) is 11.8. The standard InChI is InChI=1S/C13H20N2O5/c1-13(2,3)14-7-12(17)10-6-9(4-5-11(10)16)8-20-15(18)19/h4-6,12,14,16-17H,7-8H2,1-3H3. The summed E-state index contributed by atoms with van der Waals surface area (Å²) in [5.41, 5.74) is 0.652. The molecule has 7 nitrogen and oxygen atoms in total. The van der Waals surface area contributed by atoms with Gasteiger partial charge in [-0.15, -0.1) is 10.1 Å². The number of phenols is 1. The van der Waals surface area contributed by atoms with Crippen LogP contribution in [0.2, 0.25) is 0 Å². The summed E-state index contributed by atoms with van der Waals surface area (Å²) in [6.45, 7) is 5.92. The van der Waals surface area contributed by atoms with Gasteiger partial charge in [-0.05, 0) is 38.5 Å². The predicted octanol–water partition coefficient (Wildman–Crippen LogP) is 1.52. The molecule has 1 unspecified atom stereocenters. The Morgan fingerprint density at radius 2 is 2.10 bits per heavy atom. The summed E-state index contributed by atoms with van der Waals surface area (Å²) < 4.78 is 0. The lowest BCUT2D eigenvalue weighted by Crippen LogP contribution is -2.38. The van der Waals surface area contributed by atoms with E-state index in [0.29, 0.717) is 11.1 Å². The molecule has 0 aliphatic rings. The molecule has 0 spiro atoms. The highest BCUT2D eigenvalue weighted by atomic mass is 16.9. The Kier molecular flexibility index (Phi) is 5.29. The first-order chi connectivity index (χ1) is 9.19. The zero-order valence-corrected chi connectivity index (χ0v) is 11.8. The lowest BCUT2D eigenvalue weighted by Gasteiger charge is -2.23. The van der Waals surface area contributed by atoms with Crippen LogP contribution in [-0.2, 0) is 11.4 Å². The van der Waals surface area contributed by atoms with E-state index in [-0.39, 0.29) is 24.4 Å². The lowest BCUT2D eigenvalue weighted by atomic mass is 10.0. The topological polar surface area (TPSA) is 105 Å². The number of aromatic hydroxyl groups is 1. The second-order valence-electron chi connectivity index (χ2n) is 5.54. The van der Waals surface area contributed by atoms with Crippen molar-refractivity contribution in [1.82, 2.24) is 5.32 Å². The molecule has 0 aliphatic heterocycles. The molecule has 20 heavy (non-hydrogen) atoms. The fourth-order valence-corrected chi connectivity index (χ4v) is 1.60. The highest BCUT2D eigenvalue weighted by Crippen LogP contribution is 2.25. The Morgan fingerprint density at radius 1 is 1.45 bits per heavy atom. The van der Waals surface area contributed by atoms with Gasteiger partial charge in [0.15, 0.2) is 0 Å². The van der Waals surface area contributed by atoms with Gasteiger partial charge < -0.3 is 20.4 Å². The van der Waals surface area contributed by atoms with E-state index in [1.54, 1.807) is 0 Å². The van der Waals surface area contributed by atoms with Crippen molar-refractivity contribution < 1.29 is 20.1 Å². The van der Waals surface area contributed by atoms with Crippen molar-refractivity contribution in [2.45, 2.75) is 39.0 Å². The number of aliphatic hydroxyl groups excluding tert-OH is 1. The smallest absolute Gasteiger partial charge is 0.294 e. The van der Waals surface area contributed by atoms with Gasteiger partial charge in [-0.3, -0.25) is 0 Å². The van der Waals surface area contributed by atoms with E-state index in [1.807, 2.05) is 20.8 Å². The van der Waals surface area contributed by atoms with Crippen LogP contribution in [-0.4, -0.2) is 27.4 Å². The SMILES string of the molecule is CC(C)(C)NCC(O)c1cc(CO[N+](=O)[O-])ccc1O. The van der Waals surface area contributed by atoms with Gasteiger partial charge in [-0.25, -0.2) is 0 Å². The lowest BCUT2D eigenvalue weighted by molar-refractivity contribution is -0.763. The Labute approximate surface area is 117 Å². The van der Waals surface area contributed by atoms with E-state index < -0.39 is 11.2 Å². The molecule has 0 fully saturated rings. The van der Waals surface area contributed by atoms with Gasteiger partial charge in [-0.2, -0.15) is 0 Å². The van der Waals surface area contributed by atoms with Gasteiger partial charge in [0.2, 0.25) is 0 Å². The third kappa shape index (κ3) is 5.41. The number of nitrogens with one attached hydrogen (secondary N) is 1. The maximum absolute atomic E-state index is 10.1. The summed E-state index contributed by atoms with van der Waals surface area (Å²) in [4.78, 5) is 14.4. The van der Waals surface area contributed by atoms with Crippen molar-refractivity contribution in [3.63, 3.8) is 0 Å². The average Bonchev–Trinajstić information content (AvgIpc) is 2.34. The second kappa shape index (κ2) is 6.53. The van der Waals surface area contributed by atoms with Crippen LogP contribution in [0.5, 0.6) is 5.75 Å². The second-order valence-corrected chi connectivity index (χ2v) is 5.54. The van der Waals surface area contributed by atoms with Gasteiger partial charge in [0.1, 0.15) is 12.4 Å². The van der Waals surface area contributed by atoms with Gasteiger partial charge in [-0.1, -0.05) is 6.07 Å². The van der Waals surface area contributed by atoms with Crippen LogP contribution in [0.3, 0.4) is 0 Å². The summed E-state index contributed by atoms with van der Waals surface area (Å²) in [5, 5.41) is 32.2. The highest BCUT2D eigenvalue weighted by Gasteiger charge is 2.17. The number of hydrogen-bond acceptors (Lipinski definition) is 6. The molecular formula is C13H20N2O5. The fraction of sp³-hybridized carbons (Fsp3) is 0.538. The molecule has 1 atom stereocenters. The summed E-state index contributed by atoms with van der Waals surface area (Å²) >= 11 is 0. The van der Waals surface area contributed by atoms with E-state index >= 15 is 0 Å². The van der Waals surface area contributed by atoms with Gasteiger partial charge in [0, 0.05) is 17.6 Å². The number of aliphatic hydroxyl groups is 1. The molecule has 7 heteroatoms. The number of hydrogen-bond donors (Lipinski definition) is 3. The molecule has 112 valence electrons. The molecule has 1 aromatic carbocycles. The first kappa shape index (κ1) is 16.2.